The van der Waals surface area contributed by atoms with Crippen LogP contribution in [-0.2, 0) is 25.7 Å². The average Bonchev–Trinajstić information content (AvgIpc) is 3.13. The minimum Gasteiger partial charge on any atom is -0.480 e. The molecule has 0 radical (unpaired) electrons. The van der Waals surface area contributed by atoms with Gasteiger partial charge >= 0.3 is 12.1 Å². The number of fused-ring (bicyclic) bond motifs is 3. The molecule has 5 rings (SSSR count). The van der Waals surface area contributed by atoms with E-state index < -0.39 is 42.1 Å². The van der Waals surface area contributed by atoms with Crippen molar-refractivity contribution in [3.63, 3.8) is 0 Å². The maximum atomic E-state index is 13.5. The van der Waals surface area contributed by atoms with Gasteiger partial charge in [0.1, 0.15) is 6.61 Å². The van der Waals surface area contributed by atoms with Gasteiger partial charge in [0.25, 0.3) is 0 Å². The first-order valence-corrected chi connectivity index (χ1v) is 14.7. The minimum atomic E-state index is -1.22. The van der Waals surface area contributed by atoms with Crippen LogP contribution in [0.3, 0.4) is 0 Å². The summed E-state index contributed by atoms with van der Waals surface area (Å²) in [6.45, 7) is 2.05. The number of carbonyl (C=O) groups is 3. The highest BCUT2D eigenvalue weighted by Crippen LogP contribution is 2.44. The third kappa shape index (κ3) is 6.82. The zero-order valence-electron chi connectivity index (χ0n) is 23.8. The van der Waals surface area contributed by atoms with Crippen molar-refractivity contribution in [3.8, 4) is 11.1 Å². The normalized spacial score (nSPS) is 19.5. The number of aliphatic carboxylic acids is 1. The van der Waals surface area contributed by atoms with Gasteiger partial charge in [-0.2, -0.15) is 0 Å². The van der Waals surface area contributed by atoms with E-state index in [1.165, 1.54) is 0 Å². The summed E-state index contributed by atoms with van der Waals surface area (Å²) in [6.07, 6.45) is 2.44. The SMILES string of the molecule is CC(OCc1ccccc1)C(NC(=O)[C@@H]1CCCCC[C@@H]1NC(=O)OCC1c2ccccc2-c2ccccc21)C(=O)O. The molecule has 3 N–H and O–H groups in total. The van der Waals surface area contributed by atoms with Crippen molar-refractivity contribution in [2.45, 2.75) is 69.7 Å². The van der Waals surface area contributed by atoms with Gasteiger partial charge in [0, 0.05) is 12.0 Å². The van der Waals surface area contributed by atoms with E-state index in [9.17, 15) is 19.5 Å². The topological polar surface area (TPSA) is 114 Å². The molecule has 0 spiro atoms. The lowest BCUT2D eigenvalue weighted by Gasteiger charge is -2.28. The summed E-state index contributed by atoms with van der Waals surface area (Å²) in [4.78, 5) is 38.6. The number of ether oxygens (including phenoxy) is 2. The molecule has 1 fully saturated rings. The number of carboxylic acid groups (broad SMARTS) is 1. The molecule has 1 saturated carbocycles. The number of hydrogen-bond acceptors (Lipinski definition) is 5. The Bertz CT molecular complexity index is 1350. The molecule has 0 heterocycles. The van der Waals surface area contributed by atoms with Gasteiger partial charge in [-0.15, -0.1) is 0 Å². The first-order valence-electron chi connectivity index (χ1n) is 14.7. The molecule has 2 unspecified atom stereocenters. The number of alkyl carbamates (subject to hydrolysis) is 1. The summed E-state index contributed by atoms with van der Waals surface area (Å²) >= 11 is 0. The van der Waals surface area contributed by atoms with Crippen molar-refractivity contribution in [2.75, 3.05) is 6.61 Å². The van der Waals surface area contributed by atoms with Crippen LogP contribution in [0.25, 0.3) is 11.1 Å². The molecule has 2 aliphatic rings. The summed E-state index contributed by atoms with van der Waals surface area (Å²) in [5, 5.41) is 15.5. The highest BCUT2D eigenvalue weighted by Gasteiger charge is 2.36. The molecule has 0 bridgehead atoms. The Morgan fingerprint density at radius 2 is 1.48 bits per heavy atom. The van der Waals surface area contributed by atoms with E-state index in [4.69, 9.17) is 9.47 Å². The number of nitrogens with one attached hydrogen (secondary N) is 2. The molecule has 8 heteroatoms. The van der Waals surface area contributed by atoms with Crippen LogP contribution in [0.1, 0.15) is 61.6 Å². The summed E-state index contributed by atoms with van der Waals surface area (Å²) in [5.41, 5.74) is 5.47. The maximum Gasteiger partial charge on any atom is 0.407 e. The second-order valence-electron chi connectivity index (χ2n) is 11.1. The predicted molar refractivity (Wildman–Crippen MR) is 159 cm³/mol. The molecule has 42 heavy (non-hydrogen) atoms. The van der Waals surface area contributed by atoms with Gasteiger partial charge in [-0.25, -0.2) is 9.59 Å². The number of carbonyl (C=O) groups excluding carboxylic acids is 2. The molecule has 2 amide bonds. The first-order chi connectivity index (χ1) is 20.4. The summed E-state index contributed by atoms with van der Waals surface area (Å²) in [7, 11) is 0. The van der Waals surface area contributed by atoms with E-state index in [-0.39, 0.29) is 19.1 Å². The zero-order valence-corrected chi connectivity index (χ0v) is 23.8. The van der Waals surface area contributed by atoms with Crippen molar-refractivity contribution < 1.29 is 29.0 Å². The molecule has 4 atom stereocenters. The Balaban J connectivity index is 1.20. The minimum absolute atomic E-state index is 0.0647. The Morgan fingerprint density at radius 3 is 2.14 bits per heavy atom. The van der Waals surface area contributed by atoms with Crippen molar-refractivity contribution in [2.24, 2.45) is 5.92 Å². The van der Waals surface area contributed by atoms with E-state index in [2.05, 4.69) is 34.9 Å². The third-order valence-electron chi connectivity index (χ3n) is 8.39. The second kappa shape index (κ2) is 13.7. The maximum absolute atomic E-state index is 13.5. The number of rotatable bonds is 10. The number of carboxylic acids is 1. The lowest BCUT2D eigenvalue weighted by Crippen LogP contribution is -2.54. The standard InChI is InChI=1S/C34H38N2O6/c1-22(41-20-23-12-4-2-5-13-23)31(33(38)39)36-32(37)28-18-6-3-7-19-30(28)35-34(40)42-21-29-26-16-10-8-14-24(26)25-15-9-11-17-27(25)29/h2,4-5,8-17,22,28-31H,3,6-7,18-21H2,1H3,(H,35,40)(H,36,37)(H,38,39)/t22?,28-,30+,31?/m1/s1. The summed E-state index contributed by atoms with van der Waals surface area (Å²) < 4.78 is 11.5. The van der Waals surface area contributed by atoms with Crippen molar-refractivity contribution in [1.82, 2.24) is 10.6 Å². The highest BCUT2D eigenvalue weighted by atomic mass is 16.5. The van der Waals surface area contributed by atoms with Crippen LogP contribution in [0.15, 0.2) is 78.9 Å². The van der Waals surface area contributed by atoms with Crippen molar-refractivity contribution in [3.05, 3.63) is 95.6 Å². The van der Waals surface area contributed by atoms with Gasteiger partial charge in [0.05, 0.1) is 18.6 Å². The van der Waals surface area contributed by atoms with Crippen LogP contribution in [0, 0.1) is 5.92 Å². The molecule has 3 aromatic rings. The fraction of sp³-hybridized carbons (Fsp3) is 0.382. The van der Waals surface area contributed by atoms with E-state index in [0.29, 0.717) is 12.8 Å². The van der Waals surface area contributed by atoms with Gasteiger partial charge in [0.15, 0.2) is 6.04 Å². The Labute approximate surface area is 246 Å². The van der Waals surface area contributed by atoms with Crippen LogP contribution in [0.4, 0.5) is 4.79 Å². The molecular weight excluding hydrogens is 532 g/mol. The zero-order chi connectivity index (χ0) is 29.5. The van der Waals surface area contributed by atoms with Gasteiger partial charge in [-0.05, 0) is 47.6 Å². The van der Waals surface area contributed by atoms with Crippen LogP contribution < -0.4 is 10.6 Å². The molecule has 3 aromatic carbocycles. The van der Waals surface area contributed by atoms with Crippen LogP contribution >= 0.6 is 0 Å². The molecule has 2 aliphatic carbocycles. The molecule has 0 saturated heterocycles. The third-order valence-corrected chi connectivity index (χ3v) is 8.39. The van der Waals surface area contributed by atoms with Gasteiger partial charge in [0.2, 0.25) is 5.91 Å². The van der Waals surface area contributed by atoms with Gasteiger partial charge < -0.3 is 25.2 Å². The number of amides is 2. The molecular formula is C34H38N2O6. The van der Waals surface area contributed by atoms with Gasteiger partial charge in [-0.3, -0.25) is 4.79 Å². The monoisotopic (exact) mass is 570 g/mol. The van der Waals surface area contributed by atoms with Crippen molar-refractivity contribution in [1.29, 1.82) is 0 Å². The fourth-order valence-corrected chi connectivity index (χ4v) is 6.12. The first kappa shape index (κ1) is 29.3. The van der Waals surface area contributed by atoms with Crippen LogP contribution in [-0.4, -0.2) is 47.9 Å². The van der Waals surface area contributed by atoms with E-state index >= 15 is 0 Å². The van der Waals surface area contributed by atoms with E-state index in [1.54, 1.807) is 6.92 Å². The van der Waals surface area contributed by atoms with Crippen molar-refractivity contribution >= 4 is 18.0 Å². The number of benzene rings is 3. The average molecular weight is 571 g/mol. The lowest BCUT2D eigenvalue weighted by atomic mass is 9.93. The summed E-state index contributed by atoms with van der Waals surface area (Å²) in [6, 6.07) is 24.1. The Kier molecular flexibility index (Phi) is 9.54. The van der Waals surface area contributed by atoms with Crippen LogP contribution in [0.2, 0.25) is 0 Å². The largest absolute Gasteiger partial charge is 0.480 e. The predicted octanol–water partition coefficient (Wildman–Crippen LogP) is 5.65. The number of hydrogen-bond donors (Lipinski definition) is 3. The van der Waals surface area contributed by atoms with E-state index in [0.717, 1.165) is 47.1 Å². The van der Waals surface area contributed by atoms with E-state index in [1.807, 2.05) is 54.6 Å². The Morgan fingerprint density at radius 1 is 0.857 bits per heavy atom. The molecule has 0 aromatic heterocycles. The quantitative estimate of drug-likeness (QED) is 0.272. The molecule has 8 nitrogen and oxygen atoms in total. The second-order valence-corrected chi connectivity index (χ2v) is 11.1. The Hall–Kier alpha value is -4.17. The van der Waals surface area contributed by atoms with Gasteiger partial charge in [-0.1, -0.05) is 98.1 Å². The lowest BCUT2D eigenvalue weighted by molar-refractivity contribution is -0.147. The fourth-order valence-electron chi connectivity index (χ4n) is 6.12. The molecule has 220 valence electrons. The highest BCUT2D eigenvalue weighted by molar-refractivity contribution is 5.86. The molecule has 0 aliphatic heterocycles. The smallest absolute Gasteiger partial charge is 0.407 e. The van der Waals surface area contributed by atoms with Crippen LogP contribution in [0.5, 0.6) is 0 Å². The summed E-state index contributed by atoms with van der Waals surface area (Å²) in [5.74, 6) is -2.21.